The van der Waals surface area contributed by atoms with Crippen LogP contribution in [0.3, 0.4) is 0 Å². The van der Waals surface area contributed by atoms with Crippen LogP contribution in [-0.4, -0.2) is 17.4 Å². The van der Waals surface area contributed by atoms with Crippen LogP contribution in [0.1, 0.15) is 50.2 Å². The summed E-state index contributed by atoms with van der Waals surface area (Å²) in [5, 5.41) is 9.79. The van der Waals surface area contributed by atoms with Crippen molar-refractivity contribution in [1.29, 1.82) is 5.41 Å². The summed E-state index contributed by atoms with van der Waals surface area (Å²) in [6.45, 7) is 0. The van der Waals surface area contributed by atoms with Gasteiger partial charge in [-0.1, -0.05) is 44.0 Å². The van der Waals surface area contributed by atoms with E-state index in [2.05, 4.69) is 31.9 Å². The number of carbonyl (C=O) groups excluding carboxylic acids is 2. The first-order valence-electron chi connectivity index (χ1n) is 9.84. The van der Waals surface area contributed by atoms with Gasteiger partial charge in [0.2, 0.25) is 0 Å². The molecule has 0 heterocycles. The van der Waals surface area contributed by atoms with Gasteiger partial charge in [0.1, 0.15) is 5.84 Å². The van der Waals surface area contributed by atoms with E-state index in [0.717, 1.165) is 48.4 Å². The van der Waals surface area contributed by atoms with E-state index in [-0.39, 0.29) is 17.4 Å². The molecule has 3 N–H and O–H groups in total. The Kier molecular flexibility index (Phi) is 3.87. The third kappa shape index (κ3) is 2.43. The zero-order valence-corrected chi connectivity index (χ0v) is 19.3. The van der Waals surface area contributed by atoms with Crippen molar-refractivity contribution in [1.82, 2.24) is 0 Å². The molecule has 0 aromatic heterocycles. The molecule has 3 aromatic carbocycles. The molecule has 0 aliphatic heterocycles. The Balaban J connectivity index is 1.84. The van der Waals surface area contributed by atoms with Crippen LogP contribution in [0, 0.1) is 5.41 Å². The van der Waals surface area contributed by atoms with Crippen molar-refractivity contribution in [3.63, 3.8) is 0 Å². The number of nitrogen functional groups attached to an aromatic ring is 1. The lowest BCUT2D eigenvalue weighted by Gasteiger charge is -2.30. The molecule has 3 aliphatic carbocycles. The molecule has 4 nitrogen and oxygen atoms in total. The summed E-state index contributed by atoms with van der Waals surface area (Å²) in [4.78, 5) is 27.0. The monoisotopic (exact) mass is 532 g/mol. The SMILES string of the molecule is N=C(N)c1cc2c3c(ccc4c3c1C1=C(C=C(Br)CC1)C4=O)-c1ccc(Br)cc1C2=O. The van der Waals surface area contributed by atoms with Crippen molar-refractivity contribution in [2.24, 2.45) is 5.73 Å². The highest BCUT2D eigenvalue weighted by molar-refractivity contribution is 9.11. The minimum Gasteiger partial charge on any atom is -0.384 e. The van der Waals surface area contributed by atoms with E-state index in [1.54, 1.807) is 6.07 Å². The Labute approximate surface area is 194 Å². The van der Waals surface area contributed by atoms with Crippen LogP contribution in [0.2, 0.25) is 0 Å². The Morgan fingerprint density at radius 3 is 2.35 bits per heavy atom. The highest BCUT2D eigenvalue weighted by atomic mass is 79.9. The van der Waals surface area contributed by atoms with E-state index < -0.39 is 0 Å². The molecule has 6 rings (SSSR count). The molecule has 0 saturated carbocycles. The fraction of sp³-hybridized carbons (Fsp3) is 0.0800. The number of nitrogens with one attached hydrogen (secondary N) is 1. The number of halogens is 2. The number of Topliss-reactive ketones (excluding diaryl/α,β-unsaturated/α-hetero) is 1. The quantitative estimate of drug-likeness (QED) is 0.228. The molecule has 0 spiro atoms. The fourth-order valence-electron chi connectivity index (χ4n) is 5.07. The summed E-state index contributed by atoms with van der Waals surface area (Å²) in [6.07, 6.45) is 3.33. The first-order chi connectivity index (χ1) is 14.9. The molecule has 0 unspecified atom stereocenters. The maximum atomic E-state index is 13.5. The third-order valence-electron chi connectivity index (χ3n) is 6.36. The van der Waals surface area contributed by atoms with Crippen molar-refractivity contribution in [3.05, 3.63) is 84.8 Å². The van der Waals surface area contributed by atoms with Crippen LogP contribution in [0.15, 0.2) is 57.0 Å². The van der Waals surface area contributed by atoms with Gasteiger partial charge in [-0.05, 0) is 69.9 Å². The van der Waals surface area contributed by atoms with Crippen LogP contribution in [0.5, 0.6) is 0 Å². The predicted octanol–water partition coefficient (Wildman–Crippen LogP) is 6.12. The number of carbonyl (C=O) groups is 2. The Hall–Kier alpha value is -2.83. The number of hydrogen-bond acceptors (Lipinski definition) is 3. The van der Waals surface area contributed by atoms with Gasteiger partial charge >= 0.3 is 0 Å². The molecule has 31 heavy (non-hydrogen) atoms. The number of fused-ring (bicyclic) bond motifs is 3. The van der Waals surface area contributed by atoms with Gasteiger partial charge in [-0.15, -0.1) is 0 Å². The van der Waals surface area contributed by atoms with Crippen molar-refractivity contribution < 1.29 is 9.59 Å². The lowest BCUT2D eigenvalue weighted by atomic mass is 9.72. The standard InChI is InChI=1S/C25H14Br2N2O2/c26-10-1-3-12-13-5-6-15-22-20(13)18(24(31)16(12)7-10)9-19(25(28)29)21(22)14-4-2-11(27)8-17(14)23(15)30/h1,3,5-9H,2,4H2,(H3,28,29). The van der Waals surface area contributed by atoms with Gasteiger partial charge in [0.05, 0.1) is 0 Å². The number of nitrogens with two attached hydrogens (primary N) is 1. The topological polar surface area (TPSA) is 84.0 Å². The van der Waals surface area contributed by atoms with Gasteiger partial charge < -0.3 is 5.73 Å². The molecular weight excluding hydrogens is 520 g/mol. The van der Waals surface area contributed by atoms with E-state index in [9.17, 15) is 9.59 Å². The first kappa shape index (κ1) is 18.9. The van der Waals surface area contributed by atoms with Crippen LogP contribution in [0.4, 0.5) is 0 Å². The number of ketones is 2. The molecule has 6 heteroatoms. The maximum absolute atomic E-state index is 13.5. The molecule has 150 valence electrons. The Morgan fingerprint density at radius 1 is 0.839 bits per heavy atom. The molecule has 0 amide bonds. The van der Waals surface area contributed by atoms with E-state index >= 15 is 0 Å². The second-order valence-corrected chi connectivity index (χ2v) is 9.94. The molecule has 3 aliphatic rings. The molecule has 0 saturated heterocycles. The fourth-order valence-corrected chi connectivity index (χ4v) is 5.86. The summed E-state index contributed by atoms with van der Waals surface area (Å²) in [6, 6.07) is 11.2. The lowest BCUT2D eigenvalue weighted by molar-refractivity contribution is 0.103. The number of benzene rings is 3. The largest absolute Gasteiger partial charge is 0.384 e. The van der Waals surface area contributed by atoms with Gasteiger partial charge in [-0.2, -0.15) is 0 Å². The molecule has 0 bridgehead atoms. The van der Waals surface area contributed by atoms with Crippen molar-refractivity contribution >= 4 is 65.6 Å². The molecule has 0 radical (unpaired) electrons. The summed E-state index contributed by atoms with van der Waals surface area (Å²) in [5.41, 5.74) is 12.3. The van der Waals surface area contributed by atoms with E-state index in [1.807, 2.05) is 36.4 Å². The summed E-state index contributed by atoms with van der Waals surface area (Å²) >= 11 is 7.00. The Bertz CT molecular complexity index is 1510. The van der Waals surface area contributed by atoms with E-state index in [1.165, 1.54) is 0 Å². The van der Waals surface area contributed by atoms with Crippen LogP contribution in [-0.2, 0) is 0 Å². The van der Waals surface area contributed by atoms with Crippen LogP contribution < -0.4 is 5.73 Å². The van der Waals surface area contributed by atoms with Crippen LogP contribution in [0.25, 0.3) is 27.5 Å². The second-order valence-electron chi connectivity index (χ2n) is 8.00. The zero-order valence-electron chi connectivity index (χ0n) is 16.1. The maximum Gasteiger partial charge on any atom is 0.194 e. The number of allylic oxidation sites excluding steroid dienone is 4. The highest BCUT2D eigenvalue weighted by Gasteiger charge is 2.36. The smallest absolute Gasteiger partial charge is 0.194 e. The summed E-state index contributed by atoms with van der Waals surface area (Å²) < 4.78 is 1.80. The molecule has 3 aromatic rings. The summed E-state index contributed by atoms with van der Waals surface area (Å²) in [7, 11) is 0. The average Bonchev–Trinajstić information content (AvgIpc) is 2.75. The predicted molar refractivity (Wildman–Crippen MR) is 129 cm³/mol. The van der Waals surface area contributed by atoms with Crippen molar-refractivity contribution in [2.75, 3.05) is 0 Å². The third-order valence-corrected chi connectivity index (χ3v) is 7.48. The molecule has 0 atom stereocenters. The first-order valence-corrected chi connectivity index (χ1v) is 11.4. The highest BCUT2D eigenvalue weighted by Crippen LogP contribution is 2.49. The van der Waals surface area contributed by atoms with Gasteiger partial charge in [0.25, 0.3) is 0 Å². The minimum absolute atomic E-state index is 0.0496. The van der Waals surface area contributed by atoms with Crippen molar-refractivity contribution in [2.45, 2.75) is 12.8 Å². The zero-order chi connectivity index (χ0) is 21.6. The van der Waals surface area contributed by atoms with Gasteiger partial charge in [0.15, 0.2) is 11.6 Å². The number of amidine groups is 1. The second kappa shape index (κ2) is 6.34. The average molecular weight is 534 g/mol. The van der Waals surface area contributed by atoms with Gasteiger partial charge in [-0.25, -0.2) is 0 Å². The number of rotatable bonds is 1. The molecular formula is C25H14Br2N2O2. The van der Waals surface area contributed by atoms with Gasteiger partial charge in [-0.3, -0.25) is 15.0 Å². The van der Waals surface area contributed by atoms with Gasteiger partial charge in [0, 0.05) is 43.1 Å². The van der Waals surface area contributed by atoms with E-state index in [0.29, 0.717) is 34.2 Å². The van der Waals surface area contributed by atoms with Crippen molar-refractivity contribution in [3.8, 4) is 11.1 Å². The Morgan fingerprint density at radius 2 is 1.58 bits per heavy atom. The molecule has 0 fully saturated rings. The minimum atomic E-state index is -0.117. The summed E-state index contributed by atoms with van der Waals surface area (Å²) in [5.74, 6) is -0.271. The lowest BCUT2D eigenvalue weighted by Crippen LogP contribution is -2.22. The van der Waals surface area contributed by atoms with Crippen LogP contribution >= 0.6 is 31.9 Å². The normalized spacial score (nSPS) is 16.3. The van der Waals surface area contributed by atoms with E-state index in [4.69, 9.17) is 11.1 Å². The number of hydrogen-bond donors (Lipinski definition) is 2.